The van der Waals surface area contributed by atoms with Gasteiger partial charge in [-0.25, -0.2) is 4.98 Å². The molecule has 0 saturated heterocycles. The molecule has 0 amide bonds. The van der Waals surface area contributed by atoms with E-state index in [2.05, 4.69) is 16.4 Å². The monoisotopic (exact) mass is 267 g/mol. The van der Waals surface area contributed by atoms with E-state index in [0.717, 1.165) is 30.0 Å². The van der Waals surface area contributed by atoms with Crippen molar-refractivity contribution >= 4 is 5.65 Å². The summed E-state index contributed by atoms with van der Waals surface area (Å²) in [6.07, 6.45) is 4.03. The number of rotatable bonds is 5. The summed E-state index contributed by atoms with van der Waals surface area (Å²) in [6, 6.07) is 13.9. The largest absolute Gasteiger partial charge is 0.392 e. The molecule has 1 aromatic carbocycles. The smallest absolute Gasteiger partial charge is 0.137 e. The van der Waals surface area contributed by atoms with Crippen LogP contribution >= 0.6 is 0 Å². The van der Waals surface area contributed by atoms with Gasteiger partial charge in [0.1, 0.15) is 5.65 Å². The van der Waals surface area contributed by atoms with Gasteiger partial charge in [0.25, 0.3) is 0 Å². The van der Waals surface area contributed by atoms with Gasteiger partial charge >= 0.3 is 0 Å². The molecule has 2 N–H and O–H groups in total. The average Bonchev–Trinajstić information content (AvgIpc) is 2.90. The Labute approximate surface area is 117 Å². The van der Waals surface area contributed by atoms with Gasteiger partial charge in [-0.1, -0.05) is 30.3 Å². The highest BCUT2D eigenvalue weighted by Gasteiger charge is 2.01. The van der Waals surface area contributed by atoms with E-state index in [1.165, 1.54) is 5.56 Å². The number of aromatic nitrogens is 2. The zero-order chi connectivity index (χ0) is 13.8. The fraction of sp³-hybridized carbons (Fsp3) is 0.188. The summed E-state index contributed by atoms with van der Waals surface area (Å²) in [4.78, 5) is 4.54. The van der Waals surface area contributed by atoms with Crippen LogP contribution in [-0.2, 0) is 19.7 Å². The topological polar surface area (TPSA) is 49.6 Å². The first-order valence-electron chi connectivity index (χ1n) is 6.67. The molecule has 2 heterocycles. The number of aliphatic hydroxyl groups excluding tert-OH is 1. The molecule has 0 aliphatic rings. The van der Waals surface area contributed by atoms with Crippen molar-refractivity contribution in [3.8, 4) is 0 Å². The molecule has 0 saturated carbocycles. The SMILES string of the molecule is OCc1cccc(CNCc2cn3ccccc3n2)c1. The van der Waals surface area contributed by atoms with Crippen LogP contribution in [0, 0.1) is 0 Å². The first kappa shape index (κ1) is 12.8. The Balaban J connectivity index is 1.61. The van der Waals surface area contributed by atoms with Crippen molar-refractivity contribution in [3.63, 3.8) is 0 Å². The van der Waals surface area contributed by atoms with Crippen LogP contribution in [0.3, 0.4) is 0 Å². The highest BCUT2D eigenvalue weighted by atomic mass is 16.3. The van der Waals surface area contributed by atoms with Crippen molar-refractivity contribution in [1.29, 1.82) is 0 Å². The predicted molar refractivity (Wildman–Crippen MR) is 78.1 cm³/mol. The predicted octanol–water partition coefficient (Wildman–Crippen LogP) is 2.12. The van der Waals surface area contributed by atoms with Gasteiger partial charge in [-0.05, 0) is 23.3 Å². The fourth-order valence-electron chi connectivity index (χ4n) is 2.25. The number of pyridine rings is 1. The summed E-state index contributed by atoms with van der Waals surface area (Å²) >= 11 is 0. The molecule has 0 atom stereocenters. The van der Waals surface area contributed by atoms with E-state index >= 15 is 0 Å². The third kappa shape index (κ3) is 2.87. The molecule has 0 unspecified atom stereocenters. The quantitative estimate of drug-likeness (QED) is 0.744. The second kappa shape index (κ2) is 5.86. The molecule has 3 rings (SSSR count). The third-order valence-corrected chi connectivity index (χ3v) is 3.22. The molecule has 0 radical (unpaired) electrons. The molecule has 102 valence electrons. The maximum Gasteiger partial charge on any atom is 0.137 e. The molecular formula is C16H17N3O. The van der Waals surface area contributed by atoms with Crippen molar-refractivity contribution < 1.29 is 5.11 Å². The zero-order valence-corrected chi connectivity index (χ0v) is 11.2. The van der Waals surface area contributed by atoms with Crippen LogP contribution in [0.15, 0.2) is 54.9 Å². The van der Waals surface area contributed by atoms with Gasteiger partial charge in [0.2, 0.25) is 0 Å². The Kier molecular flexibility index (Phi) is 3.76. The Morgan fingerprint density at radius 1 is 1.05 bits per heavy atom. The Bertz CT molecular complexity index is 673. The molecule has 0 fully saturated rings. The summed E-state index contributed by atoms with van der Waals surface area (Å²) in [5.74, 6) is 0. The van der Waals surface area contributed by atoms with Gasteiger partial charge in [-0.2, -0.15) is 0 Å². The van der Waals surface area contributed by atoms with E-state index in [9.17, 15) is 0 Å². The third-order valence-electron chi connectivity index (χ3n) is 3.22. The number of hydrogen-bond acceptors (Lipinski definition) is 3. The maximum atomic E-state index is 9.11. The molecule has 0 aliphatic carbocycles. The number of benzene rings is 1. The second-order valence-electron chi connectivity index (χ2n) is 4.78. The molecular weight excluding hydrogens is 250 g/mol. The average molecular weight is 267 g/mol. The normalized spacial score (nSPS) is 11.1. The molecule has 0 aliphatic heterocycles. The van der Waals surface area contributed by atoms with Crippen molar-refractivity contribution in [2.24, 2.45) is 0 Å². The Morgan fingerprint density at radius 3 is 2.80 bits per heavy atom. The molecule has 20 heavy (non-hydrogen) atoms. The highest BCUT2D eigenvalue weighted by Crippen LogP contribution is 2.07. The zero-order valence-electron chi connectivity index (χ0n) is 11.2. The van der Waals surface area contributed by atoms with E-state index in [0.29, 0.717) is 0 Å². The lowest BCUT2D eigenvalue weighted by atomic mass is 10.1. The first-order valence-corrected chi connectivity index (χ1v) is 6.67. The van der Waals surface area contributed by atoms with Gasteiger partial charge in [0.05, 0.1) is 12.3 Å². The lowest BCUT2D eigenvalue weighted by molar-refractivity contribution is 0.281. The van der Waals surface area contributed by atoms with Crippen LogP contribution in [0.25, 0.3) is 5.65 Å². The van der Waals surface area contributed by atoms with Crippen molar-refractivity contribution in [2.45, 2.75) is 19.7 Å². The van der Waals surface area contributed by atoms with E-state index in [1.54, 1.807) is 0 Å². The van der Waals surface area contributed by atoms with Crippen molar-refractivity contribution in [2.75, 3.05) is 0 Å². The number of nitrogens with one attached hydrogen (secondary N) is 1. The molecule has 3 aromatic rings. The number of imidazole rings is 1. The van der Waals surface area contributed by atoms with Crippen molar-refractivity contribution in [1.82, 2.24) is 14.7 Å². The van der Waals surface area contributed by atoms with Crippen LogP contribution in [-0.4, -0.2) is 14.5 Å². The Morgan fingerprint density at radius 2 is 1.95 bits per heavy atom. The van der Waals surface area contributed by atoms with Crippen LogP contribution in [0.2, 0.25) is 0 Å². The molecule has 4 heteroatoms. The van der Waals surface area contributed by atoms with Gasteiger partial charge in [-0.3, -0.25) is 0 Å². The second-order valence-corrected chi connectivity index (χ2v) is 4.78. The van der Waals surface area contributed by atoms with Crippen LogP contribution in [0.4, 0.5) is 0 Å². The minimum atomic E-state index is 0.0836. The minimum absolute atomic E-state index is 0.0836. The number of fused-ring (bicyclic) bond motifs is 1. The summed E-state index contributed by atoms with van der Waals surface area (Å²) in [5.41, 5.74) is 4.10. The lowest BCUT2D eigenvalue weighted by Gasteiger charge is -2.04. The highest BCUT2D eigenvalue weighted by molar-refractivity contribution is 5.39. The van der Waals surface area contributed by atoms with Crippen LogP contribution in [0.5, 0.6) is 0 Å². The summed E-state index contributed by atoms with van der Waals surface area (Å²) in [5, 5.41) is 12.5. The van der Waals surface area contributed by atoms with Gasteiger partial charge < -0.3 is 14.8 Å². The van der Waals surface area contributed by atoms with Gasteiger partial charge in [0.15, 0.2) is 0 Å². The van der Waals surface area contributed by atoms with Gasteiger partial charge in [0, 0.05) is 25.5 Å². The molecule has 0 bridgehead atoms. The standard InChI is InChI=1S/C16H17N3O/c20-12-14-5-3-4-13(8-14)9-17-10-15-11-19-7-2-1-6-16(19)18-15/h1-8,11,17,20H,9-10,12H2. The van der Waals surface area contributed by atoms with E-state index in [1.807, 2.05) is 53.2 Å². The van der Waals surface area contributed by atoms with E-state index in [4.69, 9.17) is 5.11 Å². The van der Waals surface area contributed by atoms with Crippen LogP contribution in [0.1, 0.15) is 16.8 Å². The maximum absolute atomic E-state index is 9.11. The molecule has 0 spiro atoms. The minimum Gasteiger partial charge on any atom is -0.392 e. The van der Waals surface area contributed by atoms with Gasteiger partial charge in [-0.15, -0.1) is 0 Å². The Hall–Kier alpha value is -2.17. The summed E-state index contributed by atoms with van der Waals surface area (Å²) in [6.45, 7) is 1.58. The summed E-state index contributed by atoms with van der Waals surface area (Å²) in [7, 11) is 0. The van der Waals surface area contributed by atoms with Crippen molar-refractivity contribution in [3.05, 3.63) is 71.7 Å². The fourth-order valence-corrected chi connectivity index (χ4v) is 2.25. The van der Waals surface area contributed by atoms with Crippen LogP contribution < -0.4 is 5.32 Å². The summed E-state index contributed by atoms with van der Waals surface area (Å²) < 4.78 is 2.02. The lowest BCUT2D eigenvalue weighted by Crippen LogP contribution is -2.13. The molecule has 4 nitrogen and oxygen atoms in total. The number of nitrogens with zero attached hydrogens (tertiary/aromatic N) is 2. The first-order chi connectivity index (χ1) is 9.85. The number of aliphatic hydroxyl groups is 1. The van der Waals surface area contributed by atoms with E-state index in [-0.39, 0.29) is 6.61 Å². The number of hydrogen-bond donors (Lipinski definition) is 2. The molecule has 2 aromatic heterocycles. The van der Waals surface area contributed by atoms with E-state index < -0.39 is 0 Å².